The molecule has 4 rings (SSSR count). The highest BCUT2D eigenvalue weighted by molar-refractivity contribution is 8.01. The average molecular weight is 379 g/mol. The van der Waals surface area contributed by atoms with Crippen LogP contribution in [-0.2, 0) is 0 Å². The molecule has 0 spiro atoms. The lowest BCUT2D eigenvalue weighted by molar-refractivity contribution is 1.46. The van der Waals surface area contributed by atoms with Crippen molar-refractivity contribution in [2.45, 2.75) is 9.10 Å². The van der Waals surface area contributed by atoms with Crippen molar-refractivity contribution in [3.05, 3.63) is 96.0 Å². The monoisotopic (exact) mass is 378 g/mol. The fourth-order valence-electron chi connectivity index (χ4n) is 2.61. The van der Waals surface area contributed by atoms with Crippen molar-refractivity contribution in [3.8, 4) is 21.6 Å². The van der Waals surface area contributed by atoms with Crippen molar-refractivity contribution in [3.63, 3.8) is 0 Å². The minimum atomic E-state index is 0.773. The Morgan fingerprint density at radius 3 is 1.96 bits per heavy atom. The van der Waals surface area contributed by atoms with Gasteiger partial charge in [0, 0.05) is 14.8 Å². The fourth-order valence-corrected chi connectivity index (χ4v) is 4.84. The van der Waals surface area contributed by atoms with Crippen LogP contribution in [0, 0.1) is 0 Å². The minimum Gasteiger partial charge on any atom is -0.128 e. The summed E-state index contributed by atoms with van der Waals surface area (Å²) < 4.78 is 1.28. The second-order valence-corrected chi connectivity index (χ2v) is 8.51. The number of hydrogen-bond acceptors (Lipinski definition) is 2. The van der Waals surface area contributed by atoms with Crippen LogP contribution in [0.5, 0.6) is 0 Å². The second-order valence-electron chi connectivity index (χ2n) is 5.62. The van der Waals surface area contributed by atoms with Crippen LogP contribution in [0.3, 0.4) is 0 Å². The summed E-state index contributed by atoms with van der Waals surface area (Å²) in [6.45, 7) is 0. The first-order chi connectivity index (χ1) is 12.3. The molecule has 0 bridgehead atoms. The zero-order valence-corrected chi connectivity index (χ0v) is 15.7. The molecule has 0 atom stereocenters. The van der Waals surface area contributed by atoms with Gasteiger partial charge in [0.15, 0.2) is 0 Å². The Bertz CT molecular complexity index is 955. The van der Waals surface area contributed by atoms with E-state index in [0.717, 1.165) is 5.02 Å². The highest BCUT2D eigenvalue weighted by Crippen LogP contribution is 2.38. The standard InChI is InChI=1S/C22H15ClS2/c23-19-10-12-20(13-11-19)24-22-15-14-21(25-22)18-8-6-17(7-9-18)16-4-2-1-3-5-16/h1-15H. The molecule has 1 heterocycles. The molecule has 3 aromatic carbocycles. The number of rotatable bonds is 4. The van der Waals surface area contributed by atoms with E-state index in [1.807, 2.05) is 29.5 Å². The topological polar surface area (TPSA) is 0 Å². The van der Waals surface area contributed by atoms with Gasteiger partial charge < -0.3 is 0 Å². The molecule has 0 amide bonds. The molecule has 0 N–H and O–H groups in total. The zero-order chi connectivity index (χ0) is 17.1. The van der Waals surface area contributed by atoms with Crippen LogP contribution in [0.15, 0.2) is 100 Å². The van der Waals surface area contributed by atoms with Crippen molar-refractivity contribution in [2.75, 3.05) is 0 Å². The summed E-state index contributed by atoms with van der Waals surface area (Å²) in [6, 6.07) is 31.6. The molecule has 0 radical (unpaired) electrons. The third kappa shape index (κ3) is 3.98. The normalized spacial score (nSPS) is 10.8. The van der Waals surface area contributed by atoms with Crippen LogP contribution < -0.4 is 0 Å². The molecule has 0 aliphatic rings. The maximum Gasteiger partial charge on any atom is 0.0652 e. The van der Waals surface area contributed by atoms with Crippen LogP contribution in [0.4, 0.5) is 0 Å². The molecule has 0 aliphatic heterocycles. The number of hydrogen-bond donors (Lipinski definition) is 0. The summed E-state index contributed by atoms with van der Waals surface area (Å²) >= 11 is 9.54. The average Bonchev–Trinajstić information content (AvgIpc) is 3.13. The van der Waals surface area contributed by atoms with Gasteiger partial charge in [-0.2, -0.15) is 0 Å². The van der Waals surface area contributed by atoms with Crippen molar-refractivity contribution >= 4 is 34.7 Å². The summed E-state index contributed by atoms with van der Waals surface area (Å²) in [5.74, 6) is 0. The Hall–Kier alpha value is -2.00. The van der Waals surface area contributed by atoms with E-state index in [9.17, 15) is 0 Å². The van der Waals surface area contributed by atoms with E-state index in [1.54, 1.807) is 11.8 Å². The SMILES string of the molecule is Clc1ccc(Sc2ccc(-c3ccc(-c4ccccc4)cc3)s2)cc1. The Kier molecular flexibility index (Phi) is 4.93. The van der Waals surface area contributed by atoms with Crippen LogP contribution in [0.1, 0.15) is 0 Å². The van der Waals surface area contributed by atoms with E-state index >= 15 is 0 Å². The van der Waals surface area contributed by atoms with Crippen molar-refractivity contribution < 1.29 is 0 Å². The van der Waals surface area contributed by atoms with Crippen LogP contribution in [-0.4, -0.2) is 0 Å². The van der Waals surface area contributed by atoms with Gasteiger partial charge in [0.2, 0.25) is 0 Å². The minimum absolute atomic E-state index is 0.773. The molecule has 0 saturated heterocycles. The maximum absolute atomic E-state index is 5.95. The van der Waals surface area contributed by atoms with Gasteiger partial charge in [-0.05, 0) is 53.1 Å². The molecule has 0 fully saturated rings. The quantitative estimate of drug-likeness (QED) is 0.348. The van der Waals surface area contributed by atoms with Crippen LogP contribution in [0.2, 0.25) is 5.02 Å². The largest absolute Gasteiger partial charge is 0.128 e. The van der Waals surface area contributed by atoms with E-state index in [-0.39, 0.29) is 0 Å². The van der Waals surface area contributed by atoms with E-state index in [2.05, 4.69) is 72.8 Å². The first-order valence-electron chi connectivity index (χ1n) is 7.97. The summed E-state index contributed by atoms with van der Waals surface area (Å²) in [4.78, 5) is 2.49. The van der Waals surface area contributed by atoms with Crippen molar-refractivity contribution in [1.82, 2.24) is 0 Å². The maximum atomic E-state index is 5.95. The number of benzene rings is 3. The Labute approximate surface area is 161 Å². The predicted octanol–water partition coefficient (Wildman–Crippen LogP) is 7.89. The fraction of sp³-hybridized carbons (Fsp3) is 0. The van der Waals surface area contributed by atoms with Crippen LogP contribution >= 0.6 is 34.7 Å². The summed E-state index contributed by atoms with van der Waals surface area (Å²) in [7, 11) is 0. The van der Waals surface area contributed by atoms with Gasteiger partial charge in [-0.25, -0.2) is 0 Å². The van der Waals surface area contributed by atoms with E-state index < -0.39 is 0 Å². The second kappa shape index (κ2) is 7.49. The van der Waals surface area contributed by atoms with Gasteiger partial charge in [0.1, 0.15) is 0 Å². The molecule has 0 unspecified atom stereocenters. The molecule has 1 aromatic heterocycles. The molecule has 0 nitrogen and oxygen atoms in total. The van der Waals surface area contributed by atoms with Gasteiger partial charge in [-0.3, -0.25) is 0 Å². The lowest BCUT2D eigenvalue weighted by Crippen LogP contribution is -1.77. The molecule has 0 aliphatic carbocycles. The van der Waals surface area contributed by atoms with Crippen LogP contribution in [0.25, 0.3) is 21.6 Å². The lowest BCUT2D eigenvalue weighted by atomic mass is 10.0. The first kappa shape index (κ1) is 16.5. The molecular weight excluding hydrogens is 364 g/mol. The molecule has 122 valence electrons. The molecular formula is C22H15ClS2. The van der Waals surface area contributed by atoms with Gasteiger partial charge in [0.05, 0.1) is 4.21 Å². The summed E-state index contributed by atoms with van der Waals surface area (Å²) in [5.41, 5.74) is 3.75. The third-order valence-corrected chi connectivity index (χ3v) is 6.42. The number of halogens is 1. The van der Waals surface area contributed by atoms with Gasteiger partial charge >= 0.3 is 0 Å². The Morgan fingerprint density at radius 2 is 1.24 bits per heavy atom. The smallest absolute Gasteiger partial charge is 0.0652 e. The van der Waals surface area contributed by atoms with Crippen molar-refractivity contribution in [2.24, 2.45) is 0 Å². The molecule has 4 aromatic rings. The number of thiophene rings is 1. The van der Waals surface area contributed by atoms with E-state index in [0.29, 0.717) is 0 Å². The highest BCUT2D eigenvalue weighted by atomic mass is 35.5. The lowest BCUT2D eigenvalue weighted by Gasteiger charge is -2.03. The van der Waals surface area contributed by atoms with Crippen molar-refractivity contribution in [1.29, 1.82) is 0 Å². The first-order valence-corrected chi connectivity index (χ1v) is 9.98. The molecule has 0 saturated carbocycles. The summed E-state index contributed by atoms with van der Waals surface area (Å²) in [6.07, 6.45) is 0. The van der Waals surface area contributed by atoms with Gasteiger partial charge in [0.25, 0.3) is 0 Å². The molecule has 3 heteroatoms. The van der Waals surface area contributed by atoms with E-state index in [1.165, 1.54) is 30.7 Å². The van der Waals surface area contributed by atoms with Gasteiger partial charge in [-0.1, -0.05) is 78.0 Å². The third-order valence-electron chi connectivity index (χ3n) is 3.89. The van der Waals surface area contributed by atoms with Gasteiger partial charge in [-0.15, -0.1) is 11.3 Å². The zero-order valence-electron chi connectivity index (χ0n) is 13.4. The highest BCUT2D eigenvalue weighted by Gasteiger charge is 2.05. The predicted molar refractivity (Wildman–Crippen MR) is 111 cm³/mol. The Morgan fingerprint density at radius 1 is 0.600 bits per heavy atom. The molecule has 25 heavy (non-hydrogen) atoms. The Balaban J connectivity index is 1.52. The summed E-state index contributed by atoms with van der Waals surface area (Å²) in [5, 5.41) is 0.773. The van der Waals surface area contributed by atoms with E-state index in [4.69, 9.17) is 11.6 Å².